The highest BCUT2D eigenvalue weighted by Crippen LogP contribution is 2.38. The van der Waals surface area contributed by atoms with E-state index in [1.54, 1.807) is 0 Å². The number of hydrogen-bond acceptors (Lipinski definition) is 6. The fraction of sp³-hybridized carbons (Fsp3) is 0.350. The average molecular weight is 651 g/mol. The molecule has 8 nitrogen and oxygen atoms in total. The summed E-state index contributed by atoms with van der Waals surface area (Å²) in [5.41, 5.74) is 6.27. The van der Waals surface area contributed by atoms with Gasteiger partial charge in [-0.3, -0.25) is 14.5 Å². The minimum atomic E-state index is -0.803. The Balaban J connectivity index is 1.26. The van der Waals surface area contributed by atoms with Crippen molar-refractivity contribution in [3.05, 3.63) is 143 Å². The molecular weight excluding hydrogens is 604 g/mol. The Morgan fingerprint density at radius 1 is 0.688 bits per heavy atom. The van der Waals surface area contributed by atoms with Gasteiger partial charge in [0.1, 0.15) is 0 Å². The zero-order chi connectivity index (χ0) is 33.6. The maximum atomic E-state index is 12.3. The van der Waals surface area contributed by atoms with Gasteiger partial charge in [0.25, 0.3) is 0 Å². The van der Waals surface area contributed by atoms with Gasteiger partial charge in [0.05, 0.1) is 18.8 Å². The molecule has 1 aliphatic rings. The molecule has 3 N–H and O–H groups in total. The van der Waals surface area contributed by atoms with Crippen molar-refractivity contribution in [2.75, 3.05) is 6.54 Å². The molecule has 0 bridgehead atoms. The lowest BCUT2D eigenvalue weighted by Gasteiger charge is -2.38. The van der Waals surface area contributed by atoms with Crippen LogP contribution >= 0.6 is 0 Å². The largest absolute Gasteiger partial charge is 0.481 e. The molecule has 4 aromatic carbocycles. The van der Waals surface area contributed by atoms with Gasteiger partial charge in [-0.05, 0) is 40.7 Å². The minimum absolute atomic E-state index is 0.00626. The zero-order valence-corrected chi connectivity index (χ0v) is 27.4. The first kappa shape index (κ1) is 35.0. The standard InChI is InChI=1S/C40H46N2O6/c43-29-33-18-20-34(21-19-33)37-24-36(28-42(26-31-10-4-1-5-11-31)27-32-12-6-2-7-13-32)47-40(48-37)35-22-16-30(17-23-35)25-41-38(44)14-8-3-9-15-39(45)46/h1-2,4-7,10-13,16-23,36-37,40,43H,3,8-9,14-15,24-29H2,(H,41,44)(H,45,46)/t36-,37+,40+/m0/s1. The fourth-order valence-electron chi connectivity index (χ4n) is 6.01. The van der Waals surface area contributed by atoms with Crippen LogP contribution in [0.3, 0.4) is 0 Å². The second kappa shape index (κ2) is 18.3. The van der Waals surface area contributed by atoms with Crippen LogP contribution in [-0.4, -0.2) is 39.6 Å². The third-order valence-electron chi connectivity index (χ3n) is 8.61. The summed E-state index contributed by atoms with van der Waals surface area (Å²) in [5, 5.41) is 21.3. The predicted molar refractivity (Wildman–Crippen MR) is 184 cm³/mol. The van der Waals surface area contributed by atoms with E-state index in [0.717, 1.165) is 48.3 Å². The Bertz CT molecular complexity index is 1510. The first-order chi connectivity index (χ1) is 23.4. The number of aliphatic hydroxyl groups excluding tert-OH is 1. The fourth-order valence-corrected chi connectivity index (χ4v) is 6.01. The summed E-state index contributed by atoms with van der Waals surface area (Å²) < 4.78 is 13.3. The van der Waals surface area contributed by atoms with E-state index in [1.807, 2.05) is 60.7 Å². The molecule has 4 aromatic rings. The van der Waals surface area contributed by atoms with Crippen molar-refractivity contribution < 1.29 is 29.3 Å². The molecule has 1 heterocycles. The van der Waals surface area contributed by atoms with Gasteiger partial charge in [-0.2, -0.15) is 0 Å². The third kappa shape index (κ3) is 11.1. The van der Waals surface area contributed by atoms with Crippen LogP contribution in [0.5, 0.6) is 0 Å². The molecular formula is C40H46N2O6. The SMILES string of the molecule is O=C(O)CCCCCC(=O)NCc1ccc([C@@H]2O[C@H](CN(Cc3ccccc3)Cc3ccccc3)C[C@H](c3ccc(CO)cc3)O2)cc1. The maximum Gasteiger partial charge on any atom is 0.303 e. The number of ether oxygens (including phenoxy) is 2. The average Bonchev–Trinajstić information content (AvgIpc) is 3.11. The molecule has 0 saturated carbocycles. The lowest BCUT2D eigenvalue weighted by atomic mass is 9.99. The quantitative estimate of drug-likeness (QED) is 0.105. The summed E-state index contributed by atoms with van der Waals surface area (Å²) >= 11 is 0. The van der Waals surface area contributed by atoms with Crippen LogP contribution < -0.4 is 5.32 Å². The van der Waals surface area contributed by atoms with Crippen LogP contribution in [0.25, 0.3) is 0 Å². The van der Waals surface area contributed by atoms with Gasteiger partial charge in [-0.25, -0.2) is 0 Å². The number of benzene rings is 4. The van der Waals surface area contributed by atoms with Crippen LogP contribution in [0.15, 0.2) is 109 Å². The van der Waals surface area contributed by atoms with Crippen molar-refractivity contribution in [1.82, 2.24) is 10.2 Å². The number of carboxylic acids is 1. The molecule has 0 unspecified atom stereocenters. The molecule has 48 heavy (non-hydrogen) atoms. The van der Waals surface area contributed by atoms with E-state index < -0.39 is 12.3 Å². The monoisotopic (exact) mass is 650 g/mol. The number of unbranched alkanes of at least 4 members (excludes halogenated alkanes) is 2. The lowest BCUT2D eigenvalue weighted by molar-refractivity contribution is -0.253. The van der Waals surface area contributed by atoms with Gasteiger partial charge in [0.15, 0.2) is 6.29 Å². The van der Waals surface area contributed by atoms with Gasteiger partial charge in [0.2, 0.25) is 5.91 Å². The van der Waals surface area contributed by atoms with Crippen LogP contribution in [0.2, 0.25) is 0 Å². The number of amides is 1. The summed E-state index contributed by atoms with van der Waals surface area (Å²) in [6, 6.07) is 36.9. The normalized spacial score (nSPS) is 17.7. The van der Waals surface area contributed by atoms with E-state index in [0.29, 0.717) is 32.2 Å². The summed E-state index contributed by atoms with van der Waals surface area (Å²) in [7, 11) is 0. The van der Waals surface area contributed by atoms with Crippen LogP contribution in [0.1, 0.15) is 84.3 Å². The molecule has 3 atom stereocenters. The summed E-state index contributed by atoms with van der Waals surface area (Å²) in [4.78, 5) is 25.4. The Hall–Kier alpha value is -4.34. The molecule has 1 saturated heterocycles. The number of nitrogens with zero attached hydrogens (tertiary/aromatic N) is 1. The number of hydrogen-bond donors (Lipinski definition) is 3. The van der Waals surface area contributed by atoms with E-state index in [1.165, 1.54) is 11.1 Å². The smallest absolute Gasteiger partial charge is 0.303 e. The molecule has 1 fully saturated rings. The molecule has 1 amide bonds. The van der Waals surface area contributed by atoms with Gasteiger partial charge >= 0.3 is 5.97 Å². The Kier molecular flexibility index (Phi) is 13.3. The number of aliphatic carboxylic acids is 1. The van der Waals surface area contributed by atoms with Crippen molar-refractivity contribution >= 4 is 11.9 Å². The molecule has 5 rings (SSSR count). The van der Waals surface area contributed by atoms with E-state index >= 15 is 0 Å². The number of rotatable bonds is 17. The summed E-state index contributed by atoms with van der Waals surface area (Å²) in [5.74, 6) is -0.843. The molecule has 8 heteroatoms. The highest BCUT2D eigenvalue weighted by molar-refractivity contribution is 5.75. The first-order valence-corrected chi connectivity index (χ1v) is 16.8. The van der Waals surface area contributed by atoms with E-state index in [9.17, 15) is 14.7 Å². The Morgan fingerprint density at radius 2 is 1.27 bits per heavy atom. The zero-order valence-electron chi connectivity index (χ0n) is 27.4. The number of aliphatic hydroxyl groups is 1. The lowest BCUT2D eigenvalue weighted by Crippen LogP contribution is -2.39. The van der Waals surface area contributed by atoms with Gasteiger partial charge < -0.3 is 25.0 Å². The Morgan fingerprint density at radius 3 is 1.88 bits per heavy atom. The number of carbonyl (C=O) groups excluding carboxylic acids is 1. The van der Waals surface area contributed by atoms with E-state index in [-0.39, 0.29) is 31.1 Å². The molecule has 0 radical (unpaired) electrons. The maximum absolute atomic E-state index is 12.3. The van der Waals surface area contributed by atoms with Crippen molar-refractivity contribution in [3.8, 4) is 0 Å². The van der Waals surface area contributed by atoms with Crippen LogP contribution in [-0.2, 0) is 45.3 Å². The van der Waals surface area contributed by atoms with Crippen molar-refractivity contribution in [2.45, 2.75) is 83.3 Å². The first-order valence-electron chi connectivity index (χ1n) is 16.8. The van der Waals surface area contributed by atoms with Gasteiger partial charge in [-0.15, -0.1) is 0 Å². The number of carboxylic acid groups (broad SMARTS) is 1. The topological polar surface area (TPSA) is 108 Å². The molecule has 252 valence electrons. The highest BCUT2D eigenvalue weighted by Gasteiger charge is 2.33. The van der Waals surface area contributed by atoms with Crippen LogP contribution in [0.4, 0.5) is 0 Å². The molecule has 0 aliphatic carbocycles. The van der Waals surface area contributed by atoms with Gasteiger partial charge in [-0.1, -0.05) is 116 Å². The predicted octanol–water partition coefficient (Wildman–Crippen LogP) is 7.08. The van der Waals surface area contributed by atoms with E-state index in [2.05, 4.69) is 58.7 Å². The highest BCUT2D eigenvalue weighted by atomic mass is 16.7. The number of nitrogens with one attached hydrogen (secondary N) is 1. The minimum Gasteiger partial charge on any atom is -0.481 e. The van der Waals surface area contributed by atoms with Crippen LogP contribution in [0, 0.1) is 0 Å². The van der Waals surface area contributed by atoms with Gasteiger partial charge in [0, 0.05) is 51.0 Å². The second-order valence-corrected chi connectivity index (χ2v) is 12.5. The number of carbonyl (C=O) groups is 2. The van der Waals surface area contributed by atoms with Crippen molar-refractivity contribution in [1.29, 1.82) is 0 Å². The summed E-state index contributed by atoms with van der Waals surface area (Å²) in [6.45, 7) is 2.71. The molecule has 0 spiro atoms. The molecule has 0 aromatic heterocycles. The Labute approximate surface area is 283 Å². The van der Waals surface area contributed by atoms with E-state index in [4.69, 9.17) is 14.6 Å². The molecule has 1 aliphatic heterocycles. The van der Waals surface area contributed by atoms with Crippen molar-refractivity contribution in [3.63, 3.8) is 0 Å². The second-order valence-electron chi connectivity index (χ2n) is 12.5. The third-order valence-corrected chi connectivity index (χ3v) is 8.61. The van der Waals surface area contributed by atoms with Crippen molar-refractivity contribution in [2.24, 2.45) is 0 Å². The summed E-state index contributed by atoms with van der Waals surface area (Å²) in [6.07, 6.45) is 2.33.